The van der Waals surface area contributed by atoms with Gasteiger partial charge in [-0.05, 0) is 55.3 Å². The van der Waals surface area contributed by atoms with Crippen LogP contribution in [-0.2, 0) is 16.8 Å². The summed E-state index contributed by atoms with van der Waals surface area (Å²) in [6.45, 7) is 4.20. The van der Waals surface area contributed by atoms with Crippen LogP contribution in [0.15, 0.2) is 72.8 Å². The third-order valence-electron chi connectivity index (χ3n) is 6.69. The summed E-state index contributed by atoms with van der Waals surface area (Å²) < 4.78 is 22.8. The number of fused-ring (bicyclic) bond motifs is 2. The molecule has 0 aliphatic carbocycles. The molecule has 1 unspecified atom stereocenters. The normalized spacial score (nSPS) is 18.8. The van der Waals surface area contributed by atoms with Crippen molar-refractivity contribution in [2.45, 2.75) is 24.9 Å². The van der Waals surface area contributed by atoms with Crippen molar-refractivity contribution in [2.24, 2.45) is 0 Å². The number of rotatable bonds is 9. The first kappa shape index (κ1) is 21.8. The molecule has 2 aliphatic rings. The average Bonchev–Trinajstić information content (AvgIpc) is 3.33. The summed E-state index contributed by atoms with van der Waals surface area (Å²) in [5.74, 6) is 2.34. The van der Waals surface area contributed by atoms with Gasteiger partial charge in [-0.25, -0.2) is 0 Å². The van der Waals surface area contributed by atoms with Gasteiger partial charge in [0.2, 0.25) is 6.79 Å². The van der Waals surface area contributed by atoms with Crippen LogP contribution in [0.2, 0.25) is 0 Å². The van der Waals surface area contributed by atoms with Gasteiger partial charge in [0.25, 0.3) is 0 Å². The maximum Gasteiger partial charge on any atom is 0.231 e. The Morgan fingerprint density at radius 3 is 2.64 bits per heavy atom. The van der Waals surface area contributed by atoms with Gasteiger partial charge in [-0.2, -0.15) is 0 Å². The van der Waals surface area contributed by atoms with E-state index in [2.05, 4.69) is 66.5 Å². The van der Waals surface area contributed by atoms with Gasteiger partial charge in [0.05, 0.1) is 13.2 Å². The summed E-state index contributed by atoms with van der Waals surface area (Å²) in [5.41, 5.74) is 3.96. The molecule has 33 heavy (non-hydrogen) atoms. The summed E-state index contributed by atoms with van der Waals surface area (Å²) in [5, 5.41) is 0. The fourth-order valence-electron chi connectivity index (χ4n) is 4.92. The second-order valence-corrected chi connectivity index (χ2v) is 8.87. The Bertz CT molecular complexity index is 1070. The van der Waals surface area contributed by atoms with Gasteiger partial charge >= 0.3 is 0 Å². The molecule has 1 atom stereocenters. The highest BCUT2D eigenvalue weighted by Crippen LogP contribution is 2.42. The molecule has 0 fully saturated rings. The van der Waals surface area contributed by atoms with Crippen molar-refractivity contribution < 1.29 is 18.9 Å². The number of ether oxygens (including phenoxy) is 4. The quantitative estimate of drug-likeness (QED) is 0.462. The van der Waals surface area contributed by atoms with Crippen LogP contribution in [0, 0.1) is 0 Å². The smallest absolute Gasteiger partial charge is 0.231 e. The van der Waals surface area contributed by atoms with Crippen molar-refractivity contribution in [2.75, 3.05) is 40.1 Å². The lowest BCUT2D eigenvalue weighted by Crippen LogP contribution is -2.38. The van der Waals surface area contributed by atoms with E-state index in [1.165, 1.54) is 16.7 Å². The first-order valence-corrected chi connectivity index (χ1v) is 11.7. The van der Waals surface area contributed by atoms with Crippen LogP contribution in [-0.4, -0.2) is 45.0 Å². The largest absolute Gasteiger partial charge is 0.492 e. The van der Waals surface area contributed by atoms with Crippen molar-refractivity contribution in [1.29, 1.82) is 0 Å². The van der Waals surface area contributed by atoms with Crippen molar-refractivity contribution >= 4 is 0 Å². The van der Waals surface area contributed by atoms with E-state index in [-0.39, 0.29) is 12.2 Å². The summed E-state index contributed by atoms with van der Waals surface area (Å²) in [7, 11) is 2.16. The zero-order valence-electron chi connectivity index (χ0n) is 19.2. The van der Waals surface area contributed by atoms with Crippen molar-refractivity contribution in [3.63, 3.8) is 0 Å². The molecular weight excluding hydrogens is 414 g/mol. The van der Waals surface area contributed by atoms with E-state index in [1.807, 2.05) is 18.2 Å². The van der Waals surface area contributed by atoms with Gasteiger partial charge in [0, 0.05) is 18.0 Å². The molecule has 0 saturated carbocycles. The van der Waals surface area contributed by atoms with Crippen molar-refractivity contribution in [3.8, 4) is 17.2 Å². The second-order valence-electron chi connectivity index (χ2n) is 8.87. The van der Waals surface area contributed by atoms with Gasteiger partial charge in [0.15, 0.2) is 11.5 Å². The predicted molar refractivity (Wildman–Crippen MR) is 128 cm³/mol. The van der Waals surface area contributed by atoms with Gasteiger partial charge in [0.1, 0.15) is 12.4 Å². The van der Waals surface area contributed by atoms with Gasteiger partial charge in [-0.3, -0.25) is 0 Å². The highest BCUT2D eigenvalue weighted by atomic mass is 16.7. The SMILES string of the molecule is CN(CCCC1(c2ccccc2)COCc2ccccc21)CCOc1ccc2c(c1)OCO2. The molecule has 0 N–H and O–H groups in total. The fraction of sp³-hybridized carbons (Fsp3) is 0.357. The Kier molecular flexibility index (Phi) is 6.51. The molecule has 2 aliphatic heterocycles. The minimum Gasteiger partial charge on any atom is -0.492 e. The van der Waals surface area contributed by atoms with E-state index in [4.69, 9.17) is 18.9 Å². The van der Waals surface area contributed by atoms with E-state index >= 15 is 0 Å². The number of likely N-dealkylation sites (N-methyl/N-ethyl adjacent to an activating group) is 1. The average molecular weight is 446 g/mol. The lowest BCUT2D eigenvalue weighted by molar-refractivity contribution is 0.0602. The van der Waals surface area contributed by atoms with E-state index in [0.29, 0.717) is 13.2 Å². The van der Waals surface area contributed by atoms with E-state index in [0.717, 1.165) is 49.8 Å². The van der Waals surface area contributed by atoms with E-state index < -0.39 is 0 Å². The number of hydrogen-bond acceptors (Lipinski definition) is 5. The zero-order valence-corrected chi connectivity index (χ0v) is 19.2. The third kappa shape index (κ3) is 4.70. The van der Waals surface area contributed by atoms with Crippen LogP contribution in [0.3, 0.4) is 0 Å². The molecule has 0 spiro atoms. The Morgan fingerprint density at radius 2 is 1.73 bits per heavy atom. The second kappa shape index (κ2) is 9.86. The lowest BCUT2D eigenvalue weighted by atomic mass is 9.69. The Labute approximate surface area is 195 Å². The topological polar surface area (TPSA) is 40.2 Å². The van der Waals surface area contributed by atoms with E-state index in [1.54, 1.807) is 0 Å². The molecular formula is C28H31NO4. The maximum absolute atomic E-state index is 6.12. The summed E-state index contributed by atoms with van der Waals surface area (Å²) in [6.07, 6.45) is 2.12. The molecule has 2 heterocycles. The maximum atomic E-state index is 6.12. The monoisotopic (exact) mass is 445 g/mol. The zero-order chi connectivity index (χ0) is 22.5. The standard InChI is InChI=1S/C28H31NO4/c1-29(16-17-31-24-12-13-26-27(18-24)33-21-32-26)15-7-14-28(23-9-3-2-4-10-23)20-30-19-22-8-5-6-11-25(22)28/h2-6,8-13,18H,7,14-17,19-21H2,1H3. The molecule has 5 rings (SSSR count). The Balaban J connectivity index is 1.18. The first-order valence-electron chi connectivity index (χ1n) is 11.7. The molecule has 0 aromatic heterocycles. The Morgan fingerprint density at radius 1 is 0.909 bits per heavy atom. The number of benzene rings is 3. The summed E-state index contributed by atoms with van der Waals surface area (Å²) in [4.78, 5) is 2.33. The minimum absolute atomic E-state index is 0.0973. The molecule has 3 aromatic rings. The number of hydrogen-bond donors (Lipinski definition) is 0. The lowest BCUT2D eigenvalue weighted by Gasteiger charge is -2.40. The molecule has 0 radical (unpaired) electrons. The van der Waals surface area contributed by atoms with Crippen LogP contribution in [0.25, 0.3) is 0 Å². The van der Waals surface area contributed by atoms with Crippen LogP contribution >= 0.6 is 0 Å². The van der Waals surface area contributed by atoms with Crippen LogP contribution in [0.5, 0.6) is 17.2 Å². The summed E-state index contributed by atoms with van der Waals surface area (Å²) in [6, 6.07) is 25.3. The van der Waals surface area contributed by atoms with E-state index in [9.17, 15) is 0 Å². The van der Waals surface area contributed by atoms with Crippen LogP contribution in [0.1, 0.15) is 29.5 Å². The molecule has 172 valence electrons. The van der Waals surface area contributed by atoms with Crippen molar-refractivity contribution in [1.82, 2.24) is 4.90 Å². The van der Waals surface area contributed by atoms with Crippen LogP contribution < -0.4 is 14.2 Å². The first-order chi connectivity index (χ1) is 16.2. The predicted octanol–water partition coefficient (Wildman–Crippen LogP) is 5.02. The summed E-state index contributed by atoms with van der Waals surface area (Å²) >= 11 is 0. The molecule has 0 saturated heterocycles. The molecule has 5 heteroatoms. The Hall–Kier alpha value is -3.02. The third-order valence-corrected chi connectivity index (χ3v) is 6.69. The molecule has 0 amide bonds. The highest BCUT2D eigenvalue weighted by Gasteiger charge is 2.38. The molecule has 0 bridgehead atoms. The van der Waals surface area contributed by atoms with Crippen LogP contribution in [0.4, 0.5) is 0 Å². The van der Waals surface area contributed by atoms with Gasteiger partial charge in [-0.1, -0.05) is 54.6 Å². The molecule has 5 nitrogen and oxygen atoms in total. The molecule has 3 aromatic carbocycles. The minimum atomic E-state index is -0.0973. The van der Waals surface area contributed by atoms with Crippen molar-refractivity contribution in [3.05, 3.63) is 89.5 Å². The highest BCUT2D eigenvalue weighted by molar-refractivity contribution is 5.47. The van der Waals surface area contributed by atoms with Gasteiger partial charge < -0.3 is 23.8 Å². The fourth-order valence-corrected chi connectivity index (χ4v) is 4.92. The number of nitrogens with zero attached hydrogens (tertiary/aromatic N) is 1. The van der Waals surface area contributed by atoms with Gasteiger partial charge in [-0.15, -0.1) is 0 Å².